The molecule has 2 rings (SSSR count). The van der Waals surface area contributed by atoms with Gasteiger partial charge in [-0.05, 0) is 39.1 Å². The number of anilines is 1. The molecule has 0 aliphatic carbocycles. The third-order valence-electron chi connectivity index (χ3n) is 3.58. The fourth-order valence-corrected chi connectivity index (χ4v) is 2.34. The van der Waals surface area contributed by atoms with Crippen LogP contribution < -0.4 is 10.6 Å². The highest BCUT2D eigenvalue weighted by molar-refractivity contribution is 5.94. The molecule has 3 N–H and O–H groups in total. The zero-order valence-electron chi connectivity index (χ0n) is 11.1. The second-order valence-corrected chi connectivity index (χ2v) is 5.00. The number of amidine groups is 1. The molecule has 1 saturated heterocycles. The zero-order chi connectivity index (χ0) is 13.1. The van der Waals surface area contributed by atoms with Gasteiger partial charge in [-0.2, -0.15) is 0 Å². The summed E-state index contributed by atoms with van der Waals surface area (Å²) < 4.78 is 0. The molecule has 1 aliphatic heterocycles. The predicted molar refractivity (Wildman–Crippen MR) is 74.2 cm³/mol. The first-order chi connectivity index (χ1) is 8.58. The molecule has 0 saturated carbocycles. The van der Waals surface area contributed by atoms with Gasteiger partial charge in [0.1, 0.15) is 11.7 Å². The van der Waals surface area contributed by atoms with Gasteiger partial charge >= 0.3 is 0 Å². The lowest BCUT2D eigenvalue weighted by Crippen LogP contribution is -2.42. The molecule has 1 aliphatic rings. The summed E-state index contributed by atoms with van der Waals surface area (Å²) >= 11 is 0. The fraction of sp³-hybridized carbons (Fsp3) is 0.538. The predicted octanol–water partition coefficient (Wildman–Crippen LogP) is 0.896. The van der Waals surface area contributed by atoms with Crippen molar-refractivity contribution in [3.8, 4) is 0 Å². The Labute approximate surface area is 108 Å². The Morgan fingerprint density at radius 3 is 2.50 bits per heavy atom. The molecule has 18 heavy (non-hydrogen) atoms. The molecule has 0 spiro atoms. The second-order valence-electron chi connectivity index (χ2n) is 5.00. The normalized spacial score (nSPS) is 17.2. The Morgan fingerprint density at radius 2 is 2.06 bits per heavy atom. The van der Waals surface area contributed by atoms with Crippen LogP contribution in [0.2, 0.25) is 0 Å². The molecule has 0 unspecified atom stereocenters. The number of hydrogen-bond donors (Lipinski definition) is 2. The van der Waals surface area contributed by atoms with Crippen LogP contribution in [0.15, 0.2) is 18.3 Å². The summed E-state index contributed by atoms with van der Waals surface area (Å²) in [6.45, 7) is 2.07. The van der Waals surface area contributed by atoms with Crippen LogP contribution in [0.4, 0.5) is 5.82 Å². The van der Waals surface area contributed by atoms with Crippen LogP contribution in [0.1, 0.15) is 18.4 Å². The van der Waals surface area contributed by atoms with E-state index in [4.69, 9.17) is 11.1 Å². The van der Waals surface area contributed by atoms with Crippen LogP contribution in [0.25, 0.3) is 0 Å². The minimum atomic E-state index is 0.0698. The number of nitrogens with zero attached hydrogens (tertiary/aromatic N) is 3. The average molecular weight is 247 g/mol. The number of nitrogens with two attached hydrogens (primary N) is 1. The molecule has 0 amide bonds. The largest absolute Gasteiger partial charge is 0.384 e. The first-order valence-corrected chi connectivity index (χ1v) is 6.30. The number of hydrogen-bond acceptors (Lipinski definition) is 4. The van der Waals surface area contributed by atoms with Crippen molar-refractivity contribution in [2.75, 3.05) is 32.1 Å². The van der Waals surface area contributed by atoms with Crippen LogP contribution in [-0.4, -0.2) is 48.9 Å². The van der Waals surface area contributed by atoms with Crippen molar-refractivity contribution in [1.29, 1.82) is 5.41 Å². The summed E-state index contributed by atoms with van der Waals surface area (Å²) in [5, 5.41) is 7.34. The molecular formula is C13H21N5. The maximum Gasteiger partial charge on any atom is 0.128 e. The molecule has 1 aromatic heterocycles. The standard InChI is InChI=1S/C13H21N5/c1-17(2)11-5-7-18(8-6-11)12-4-3-10(9-16-12)13(14)15/h3-4,9,11H,5-8H2,1-2H3,(H3,14,15). The zero-order valence-corrected chi connectivity index (χ0v) is 11.1. The number of piperidine rings is 1. The lowest BCUT2D eigenvalue weighted by atomic mass is 10.0. The van der Waals surface area contributed by atoms with Crippen molar-refractivity contribution in [1.82, 2.24) is 9.88 Å². The van der Waals surface area contributed by atoms with E-state index in [1.807, 2.05) is 12.1 Å². The van der Waals surface area contributed by atoms with Crippen LogP contribution in [0.5, 0.6) is 0 Å². The van der Waals surface area contributed by atoms with Gasteiger partial charge in [-0.15, -0.1) is 0 Å². The van der Waals surface area contributed by atoms with Gasteiger partial charge in [-0.3, -0.25) is 5.41 Å². The minimum absolute atomic E-state index is 0.0698. The van der Waals surface area contributed by atoms with Crippen LogP contribution in [-0.2, 0) is 0 Å². The van der Waals surface area contributed by atoms with Crippen molar-refractivity contribution < 1.29 is 0 Å². The van der Waals surface area contributed by atoms with Crippen LogP contribution in [0.3, 0.4) is 0 Å². The third-order valence-corrected chi connectivity index (χ3v) is 3.58. The van der Waals surface area contributed by atoms with Gasteiger partial charge in [0.15, 0.2) is 0 Å². The second kappa shape index (κ2) is 5.35. The summed E-state index contributed by atoms with van der Waals surface area (Å²) in [5.74, 6) is 1.05. The molecular weight excluding hydrogens is 226 g/mol. The van der Waals surface area contributed by atoms with Crippen molar-refractivity contribution in [3.05, 3.63) is 23.9 Å². The van der Waals surface area contributed by atoms with E-state index in [0.717, 1.165) is 18.9 Å². The average Bonchev–Trinajstić information content (AvgIpc) is 2.39. The Morgan fingerprint density at radius 1 is 1.39 bits per heavy atom. The Hall–Kier alpha value is -1.62. The van der Waals surface area contributed by atoms with Gasteiger partial charge in [-0.1, -0.05) is 0 Å². The molecule has 1 fully saturated rings. The van der Waals surface area contributed by atoms with Gasteiger partial charge in [0.2, 0.25) is 0 Å². The maximum atomic E-state index is 7.34. The highest BCUT2D eigenvalue weighted by Crippen LogP contribution is 2.19. The quantitative estimate of drug-likeness (QED) is 0.615. The topological polar surface area (TPSA) is 69.2 Å². The lowest BCUT2D eigenvalue weighted by Gasteiger charge is -2.35. The third kappa shape index (κ3) is 2.79. The molecule has 2 heterocycles. The van der Waals surface area contributed by atoms with Crippen molar-refractivity contribution in [2.45, 2.75) is 18.9 Å². The molecule has 1 aromatic rings. The summed E-state index contributed by atoms with van der Waals surface area (Å²) in [6, 6.07) is 4.49. The molecule has 0 radical (unpaired) electrons. The number of aromatic nitrogens is 1. The first-order valence-electron chi connectivity index (χ1n) is 6.30. The van der Waals surface area contributed by atoms with E-state index in [9.17, 15) is 0 Å². The first kappa shape index (κ1) is 12.8. The van der Waals surface area contributed by atoms with E-state index in [0.29, 0.717) is 11.6 Å². The van der Waals surface area contributed by atoms with Crippen LogP contribution in [0, 0.1) is 5.41 Å². The molecule has 0 bridgehead atoms. The van der Waals surface area contributed by atoms with Gasteiger partial charge in [0, 0.05) is 30.9 Å². The highest BCUT2D eigenvalue weighted by atomic mass is 15.2. The molecule has 98 valence electrons. The fourth-order valence-electron chi connectivity index (χ4n) is 2.34. The van der Waals surface area contributed by atoms with E-state index in [1.165, 1.54) is 12.8 Å². The SMILES string of the molecule is CN(C)C1CCN(c2ccc(C(=N)N)cn2)CC1. The van der Waals surface area contributed by atoms with E-state index >= 15 is 0 Å². The monoisotopic (exact) mass is 247 g/mol. The molecule has 0 aromatic carbocycles. The van der Waals surface area contributed by atoms with Crippen LogP contribution >= 0.6 is 0 Å². The van der Waals surface area contributed by atoms with Gasteiger partial charge in [-0.25, -0.2) is 4.98 Å². The highest BCUT2D eigenvalue weighted by Gasteiger charge is 2.21. The van der Waals surface area contributed by atoms with Gasteiger partial charge in [0.25, 0.3) is 0 Å². The lowest BCUT2D eigenvalue weighted by molar-refractivity contribution is 0.249. The molecule has 0 atom stereocenters. The summed E-state index contributed by atoms with van der Waals surface area (Å²) in [6.07, 6.45) is 4.02. The Kier molecular flexibility index (Phi) is 3.81. The van der Waals surface area contributed by atoms with E-state index in [2.05, 4.69) is 28.9 Å². The smallest absolute Gasteiger partial charge is 0.128 e. The van der Waals surface area contributed by atoms with E-state index in [1.54, 1.807) is 6.20 Å². The van der Waals surface area contributed by atoms with Crippen molar-refractivity contribution in [2.24, 2.45) is 5.73 Å². The Bertz CT molecular complexity index is 404. The number of rotatable bonds is 3. The Balaban J connectivity index is 1.99. The van der Waals surface area contributed by atoms with Crippen molar-refractivity contribution >= 4 is 11.7 Å². The summed E-state index contributed by atoms with van der Waals surface area (Å²) in [4.78, 5) is 8.98. The summed E-state index contributed by atoms with van der Waals surface area (Å²) in [5.41, 5.74) is 6.10. The van der Waals surface area contributed by atoms with Gasteiger partial charge in [0.05, 0.1) is 0 Å². The van der Waals surface area contributed by atoms with Gasteiger partial charge < -0.3 is 15.5 Å². The van der Waals surface area contributed by atoms with Crippen molar-refractivity contribution in [3.63, 3.8) is 0 Å². The number of nitrogens with one attached hydrogen (secondary N) is 1. The molecule has 5 heteroatoms. The van der Waals surface area contributed by atoms with E-state index < -0.39 is 0 Å². The minimum Gasteiger partial charge on any atom is -0.384 e. The number of pyridine rings is 1. The maximum absolute atomic E-state index is 7.34. The molecule has 5 nitrogen and oxygen atoms in total. The van der Waals surface area contributed by atoms with E-state index in [-0.39, 0.29) is 5.84 Å². The number of nitrogen functional groups attached to an aromatic ring is 1. The summed E-state index contributed by atoms with van der Waals surface area (Å²) in [7, 11) is 4.28.